The molecule has 0 spiro atoms. The molecule has 2 aromatic rings. The normalized spacial score (nSPS) is 16.1. The summed E-state index contributed by atoms with van der Waals surface area (Å²) in [4.78, 5) is 13.6. The summed E-state index contributed by atoms with van der Waals surface area (Å²) in [5.74, 6) is -0.211. The zero-order valence-electron chi connectivity index (χ0n) is 15.4. The van der Waals surface area contributed by atoms with Crippen molar-refractivity contribution in [3.8, 4) is 0 Å². The number of aryl methyl sites for hydroxylation is 1. The van der Waals surface area contributed by atoms with Gasteiger partial charge in [0.25, 0.3) is 5.91 Å². The van der Waals surface area contributed by atoms with Crippen molar-refractivity contribution >= 4 is 27.5 Å². The van der Waals surface area contributed by atoms with Crippen LogP contribution >= 0.6 is 11.6 Å². The van der Waals surface area contributed by atoms with E-state index in [4.69, 9.17) is 11.6 Å². The molecule has 3 rings (SSSR count). The van der Waals surface area contributed by atoms with Gasteiger partial charge in [-0.25, -0.2) is 8.42 Å². The number of halogens is 4. The third-order valence-corrected chi connectivity index (χ3v) is 7.16. The Morgan fingerprint density at radius 2 is 1.66 bits per heavy atom. The van der Waals surface area contributed by atoms with E-state index >= 15 is 0 Å². The molecule has 1 amide bonds. The van der Waals surface area contributed by atoms with Crippen LogP contribution in [0.4, 0.5) is 13.2 Å². The summed E-state index contributed by atoms with van der Waals surface area (Å²) in [6, 6.07) is 9.27. The highest BCUT2D eigenvalue weighted by molar-refractivity contribution is 7.89. The van der Waals surface area contributed by atoms with Crippen LogP contribution in [0.5, 0.6) is 0 Å². The lowest BCUT2D eigenvalue weighted by Crippen LogP contribution is -2.50. The topological polar surface area (TPSA) is 57.7 Å². The van der Waals surface area contributed by atoms with E-state index < -0.39 is 26.7 Å². The van der Waals surface area contributed by atoms with Gasteiger partial charge in [0, 0.05) is 31.7 Å². The van der Waals surface area contributed by atoms with Crippen LogP contribution in [0.15, 0.2) is 47.4 Å². The number of hydrogen-bond donors (Lipinski definition) is 0. The van der Waals surface area contributed by atoms with Gasteiger partial charge in [-0.2, -0.15) is 17.5 Å². The Kier molecular flexibility index (Phi) is 5.93. The molecule has 1 saturated heterocycles. The van der Waals surface area contributed by atoms with Crippen molar-refractivity contribution < 1.29 is 26.4 Å². The van der Waals surface area contributed by atoms with Crippen molar-refractivity contribution in [2.75, 3.05) is 26.2 Å². The van der Waals surface area contributed by atoms with Gasteiger partial charge in [-0.15, -0.1) is 0 Å². The Morgan fingerprint density at radius 3 is 2.24 bits per heavy atom. The van der Waals surface area contributed by atoms with E-state index in [-0.39, 0.29) is 37.1 Å². The van der Waals surface area contributed by atoms with Crippen LogP contribution in [0.3, 0.4) is 0 Å². The van der Waals surface area contributed by atoms with E-state index in [9.17, 15) is 26.4 Å². The molecule has 10 heteroatoms. The summed E-state index contributed by atoms with van der Waals surface area (Å²) >= 11 is 5.89. The largest absolute Gasteiger partial charge is 0.416 e. The van der Waals surface area contributed by atoms with Crippen molar-refractivity contribution in [2.45, 2.75) is 18.0 Å². The van der Waals surface area contributed by atoms with Crippen molar-refractivity contribution in [1.29, 1.82) is 0 Å². The zero-order chi connectivity index (χ0) is 21.4. The molecule has 0 atom stereocenters. The Bertz CT molecular complexity index is 1030. The fraction of sp³-hybridized carbons (Fsp3) is 0.316. The first kappa shape index (κ1) is 21.6. The Balaban J connectivity index is 1.79. The number of alkyl halides is 3. The van der Waals surface area contributed by atoms with Crippen LogP contribution in [0.1, 0.15) is 21.5 Å². The van der Waals surface area contributed by atoms with Crippen molar-refractivity contribution in [1.82, 2.24) is 9.21 Å². The van der Waals surface area contributed by atoms with E-state index in [0.717, 1.165) is 22.0 Å². The van der Waals surface area contributed by atoms with Crippen molar-refractivity contribution in [3.63, 3.8) is 0 Å². The van der Waals surface area contributed by atoms with Gasteiger partial charge in [0.15, 0.2) is 0 Å². The first-order chi connectivity index (χ1) is 13.5. The van der Waals surface area contributed by atoms with E-state index in [2.05, 4.69) is 0 Å². The average molecular weight is 447 g/mol. The van der Waals surface area contributed by atoms with Crippen LogP contribution < -0.4 is 0 Å². The quantitative estimate of drug-likeness (QED) is 0.720. The summed E-state index contributed by atoms with van der Waals surface area (Å²) in [6.45, 7) is 1.99. The SMILES string of the molecule is Cc1ccccc1C(=O)N1CCN(S(=O)(=O)c2cc(C(F)(F)F)ccc2Cl)CC1. The van der Waals surface area contributed by atoms with Gasteiger partial charge in [-0.3, -0.25) is 4.79 Å². The predicted octanol–water partition coefficient (Wildman–Crippen LogP) is 3.81. The number of carbonyl (C=O) groups excluding carboxylic acids is 1. The number of sulfonamides is 1. The molecule has 0 N–H and O–H groups in total. The molecule has 1 aliphatic rings. The number of nitrogens with zero attached hydrogens (tertiary/aromatic N) is 2. The van der Waals surface area contributed by atoms with Crippen LogP contribution in [0.25, 0.3) is 0 Å². The Morgan fingerprint density at radius 1 is 1.03 bits per heavy atom. The first-order valence-corrected chi connectivity index (χ1v) is 10.6. The Labute approximate surface area is 171 Å². The molecule has 1 fully saturated rings. The second-order valence-electron chi connectivity index (χ2n) is 6.65. The standard InChI is InChI=1S/C19H18ClF3N2O3S/c1-13-4-2-3-5-15(13)18(26)24-8-10-25(11-9-24)29(27,28)17-12-14(19(21,22)23)6-7-16(17)20/h2-7,12H,8-11H2,1H3. The molecule has 29 heavy (non-hydrogen) atoms. The van der Waals surface area contributed by atoms with Crippen molar-refractivity contribution in [2.24, 2.45) is 0 Å². The molecular formula is C19H18ClF3N2O3S. The lowest BCUT2D eigenvalue weighted by Gasteiger charge is -2.34. The van der Waals surface area contributed by atoms with Gasteiger partial charge in [-0.1, -0.05) is 29.8 Å². The van der Waals surface area contributed by atoms with Gasteiger partial charge in [0.2, 0.25) is 10.0 Å². The number of hydrogen-bond acceptors (Lipinski definition) is 3. The predicted molar refractivity (Wildman–Crippen MR) is 102 cm³/mol. The first-order valence-electron chi connectivity index (χ1n) is 8.73. The lowest BCUT2D eigenvalue weighted by atomic mass is 10.1. The van der Waals surface area contributed by atoms with Gasteiger partial charge in [0.05, 0.1) is 10.6 Å². The maximum Gasteiger partial charge on any atom is 0.416 e. The zero-order valence-corrected chi connectivity index (χ0v) is 17.0. The molecule has 5 nitrogen and oxygen atoms in total. The fourth-order valence-corrected chi connectivity index (χ4v) is 5.05. The highest BCUT2D eigenvalue weighted by Crippen LogP contribution is 2.34. The highest BCUT2D eigenvalue weighted by Gasteiger charge is 2.36. The van der Waals surface area contributed by atoms with Crippen LogP contribution in [0.2, 0.25) is 5.02 Å². The molecule has 1 heterocycles. The number of piperazine rings is 1. The minimum atomic E-state index is -4.69. The number of rotatable bonds is 3. The second-order valence-corrected chi connectivity index (χ2v) is 8.97. The molecule has 0 saturated carbocycles. The molecule has 2 aromatic carbocycles. The Hall–Kier alpha value is -2.10. The minimum Gasteiger partial charge on any atom is -0.336 e. The smallest absolute Gasteiger partial charge is 0.336 e. The maximum absolute atomic E-state index is 13.0. The molecule has 0 aromatic heterocycles. The highest BCUT2D eigenvalue weighted by atomic mass is 35.5. The summed E-state index contributed by atoms with van der Waals surface area (Å²) in [6.07, 6.45) is -4.69. The average Bonchev–Trinajstić information content (AvgIpc) is 2.67. The molecule has 1 aliphatic heterocycles. The van der Waals surface area contributed by atoms with Crippen molar-refractivity contribution in [3.05, 3.63) is 64.2 Å². The van der Waals surface area contributed by atoms with Crippen LogP contribution in [-0.4, -0.2) is 49.7 Å². The van der Waals surface area contributed by atoms with Gasteiger partial charge >= 0.3 is 6.18 Å². The molecule has 0 aliphatic carbocycles. The fourth-order valence-electron chi connectivity index (χ4n) is 3.13. The summed E-state index contributed by atoms with van der Waals surface area (Å²) in [5.41, 5.74) is 0.252. The summed E-state index contributed by atoms with van der Waals surface area (Å²) in [7, 11) is -4.23. The maximum atomic E-state index is 13.0. The van der Waals surface area contributed by atoms with Gasteiger partial charge in [0.1, 0.15) is 4.90 Å². The van der Waals surface area contributed by atoms with Gasteiger partial charge in [-0.05, 0) is 36.8 Å². The second kappa shape index (κ2) is 7.97. The molecule has 0 unspecified atom stereocenters. The van der Waals surface area contributed by atoms with E-state index in [1.165, 1.54) is 4.90 Å². The van der Waals surface area contributed by atoms with Crippen LogP contribution in [-0.2, 0) is 16.2 Å². The molecule has 0 bridgehead atoms. The lowest BCUT2D eigenvalue weighted by molar-refractivity contribution is -0.137. The number of amides is 1. The molecular weight excluding hydrogens is 429 g/mol. The van der Waals surface area contributed by atoms with E-state index in [0.29, 0.717) is 11.6 Å². The van der Waals surface area contributed by atoms with Crippen LogP contribution in [0, 0.1) is 6.92 Å². The molecule has 0 radical (unpaired) electrons. The van der Waals surface area contributed by atoms with E-state index in [1.54, 1.807) is 12.1 Å². The monoisotopic (exact) mass is 446 g/mol. The van der Waals surface area contributed by atoms with Gasteiger partial charge < -0.3 is 4.90 Å². The molecule has 156 valence electrons. The third-order valence-electron chi connectivity index (χ3n) is 4.78. The summed E-state index contributed by atoms with van der Waals surface area (Å²) < 4.78 is 65.7. The number of benzene rings is 2. The van der Waals surface area contributed by atoms with E-state index in [1.807, 2.05) is 19.1 Å². The minimum absolute atomic E-state index is 0.0352. The third kappa shape index (κ3) is 4.41. The number of carbonyl (C=O) groups is 1. The summed E-state index contributed by atoms with van der Waals surface area (Å²) in [5, 5.41) is -0.281.